The number of ether oxygens (including phenoxy) is 1. The highest BCUT2D eigenvalue weighted by Crippen LogP contribution is 2.34. The minimum absolute atomic E-state index is 0.0145. The van der Waals surface area contributed by atoms with Crippen LogP contribution in [0.1, 0.15) is 55.0 Å². The SMILES string of the molecule is COC(=O)CSC(C)(C)C(N)C(=O)N1Cc2cc([N+](=O)[O-])ccc2C[C@H]1C(=O)NC1CCCc2ccccc21. The van der Waals surface area contributed by atoms with Crippen molar-refractivity contribution in [2.45, 2.75) is 68.9 Å². The third kappa shape index (κ3) is 6.25. The molecule has 0 spiro atoms. The Morgan fingerprint density at radius 3 is 2.67 bits per heavy atom. The molecular formula is C28H34N4O6S. The van der Waals surface area contributed by atoms with Crippen LogP contribution in [0.3, 0.4) is 0 Å². The molecule has 0 saturated carbocycles. The van der Waals surface area contributed by atoms with Crippen molar-refractivity contribution in [2.24, 2.45) is 5.73 Å². The summed E-state index contributed by atoms with van der Waals surface area (Å²) in [6.07, 6.45) is 2.90. The van der Waals surface area contributed by atoms with E-state index in [9.17, 15) is 24.5 Å². The summed E-state index contributed by atoms with van der Waals surface area (Å²) in [7, 11) is 1.29. The molecule has 1 heterocycles. The van der Waals surface area contributed by atoms with Crippen molar-refractivity contribution in [1.29, 1.82) is 0 Å². The van der Waals surface area contributed by atoms with E-state index in [4.69, 9.17) is 10.5 Å². The smallest absolute Gasteiger partial charge is 0.315 e. The van der Waals surface area contributed by atoms with Gasteiger partial charge in [-0.3, -0.25) is 24.5 Å². The molecule has 208 valence electrons. The first-order valence-electron chi connectivity index (χ1n) is 12.9. The van der Waals surface area contributed by atoms with E-state index in [2.05, 4.69) is 11.4 Å². The third-order valence-corrected chi connectivity index (χ3v) is 8.99. The Labute approximate surface area is 231 Å². The number of fused-ring (bicyclic) bond motifs is 2. The van der Waals surface area contributed by atoms with Gasteiger partial charge in [-0.05, 0) is 55.4 Å². The highest BCUT2D eigenvalue weighted by molar-refractivity contribution is 8.01. The van der Waals surface area contributed by atoms with Gasteiger partial charge < -0.3 is 20.7 Å². The summed E-state index contributed by atoms with van der Waals surface area (Å²) in [5.74, 6) is -1.17. The second-order valence-corrected chi connectivity index (χ2v) is 12.1. The van der Waals surface area contributed by atoms with Crippen LogP contribution >= 0.6 is 11.8 Å². The number of nitrogens with one attached hydrogen (secondary N) is 1. The van der Waals surface area contributed by atoms with Gasteiger partial charge in [0.25, 0.3) is 5.69 Å². The van der Waals surface area contributed by atoms with Gasteiger partial charge >= 0.3 is 5.97 Å². The zero-order chi connectivity index (χ0) is 28.3. The van der Waals surface area contributed by atoms with Crippen LogP contribution in [-0.2, 0) is 38.5 Å². The molecule has 2 amide bonds. The lowest BCUT2D eigenvalue weighted by Crippen LogP contribution is -2.60. The molecule has 0 fully saturated rings. The molecule has 10 nitrogen and oxygen atoms in total. The van der Waals surface area contributed by atoms with Crippen LogP contribution in [0.5, 0.6) is 0 Å². The number of hydrogen-bond acceptors (Lipinski definition) is 8. The maximum absolute atomic E-state index is 13.9. The summed E-state index contributed by atoms with van der Waals surface area (Å²) in [5, 5.41) is 14.6. The summed E-state index contributed by atoms with van der Waals surface area (Å²) in [5.41, 5.74) is 10.0. The Bertz CT molecular complexity index is 1280. The average molecular weight is 555 g/mol. The highest BCUT2D eigenvalue weighted by Gasteiger charge is 2.42. The van der Waals surface area contributed by atoms with Crippen molar-refractivity contribution in [1.82, 2.24) is 10.2 Å². The van der Waals surface area contributed by atoms with Crippen molar-refractivity contribution in [2.75, 3.05) is 12.9 Å². The Balaban J connectivity index is 1.62. The Morgan fingerprint density at radius 1 is 1.21 bits per heavy atom. The molecule has 3 N–H and O–H groups in total. The maximum Gasteiger partial charge on any atom is 0.315 e. The van der Waals surface area contributed by atoms with Gasteiger partial charge in [0, 0.05) is 29.8 Å². The van der Waals surface area contributed by atoms with Crippen LogP contribution in [0.4, 0.5) is 5.69 Å². The van der Waals surface area contributed by atoms with Gasteiger partial charge in [-0.25, -0.2) is 0 Å². The van der Waals surface area contributed by atoms with E-state index in [1.165, 1.54) is 41.5 Å². The fourth-order valence-electron chi connectivity index (χ4n) is 5.19. The predicted octanol–water partition coefficient (Wildman–Crippen LogP) is 3.05. The summed E-state index contributed by atoms with van der Waals surface area (Å²) in [6.45, 7) is 3.54. The van der Waals surface area contributed by atoms with E-state index in [0.29, 0.717) is 5.56 Å². The van der Waals surface area contributed by atoms with Crippen LogP contribution < -0.4 is 11.1 Å². The van der Waals surface area contributed by atoms with Crippen LogP contribution in [-0.4, -0.2) is 57.3 Å². The number of esters is 1. The molecule has 39 heavy (non-hydrogen) atoms. The summed E-state index contributed by atoms with van der Waals surface area (Å²) < 4.78 is 3.86. The molecule has 2 aromatic rings. The highest BCUT2D eigenvalue weighted by atomic mass is 32.2. The van der Waals surface area contributed by atoms with Crippen molar-refractivity contribution >= 4 is 35.2 Å². The lowest BCUT2D eigenvalue weighted by atomic mass is 9.87. The van der Waals surface area contributed by atoms with E-state index in [1.807, 2.05) is 18.2 Å². The van der Waals surface area contributed by atoms with Crippen molar-refractivity contribution < 1.29 is 24.0 Å². The number of carbonyl (C=O) groups excluding carboxylic acids is 3. The third-order valence-electron chi connectivity index (χ3n) is 7.61. The molecule has 4 rings (SSSR count). The fraction of sp³-hybridized carbons (Fsp3) is 0.464. The number of amides is 2. The van der Waals surface area contributed by atoms with E-state index >= 15 is 0 Å². The van der Waals surface area contributed by atoms with Gasteiger partial charge in [-0.2, -0.15) is 0 Å². The molecule has 1 aliphatic heterocycles. The molecule has 0 saturated heterocycles. The molecular weight excluding hydrogens is 520 g/mol. The van der Waals surface area contributed by atoms with Gasteiger partial charge in [-0.15, -0.1) is 11.8 Å². The first-order chi connectivity index (χ1) is 18.5. The Kier molecular flexibility index (Phi) is 8.60. The number of thioether (sulfide) groups is 1. The zero-order valence-electron chi connectivity index (χ0n) is 22.3. The molecule has 2 unspecified atom stereocenters. The molecule has 3 atom stereocenters. The van der Waals surface area contributed by atoms with E-state index in [-0.39, 0.29) is 36.4 Å². The number of nitrogens with two attached hydrogens (primary N) is 1. The van der Waals surface area contributed by atoms with E-state index in [1.54, 1.807) is 19.9 Å². The van der Waals surface area contributed by atoms with Crippen LogP contribution in [0.15, 0.2) is 42.5 Å². The number of rotatable bonds is 8. The molecule has 11 heteroatoms. The molecule has 0 aromatic heterocycles. The molecule has 0 bridgehead atoms. The van der Waals surface area contributed by atoms with Gasteiger partial charge in [-0.1, -0.05) is 30.3 Å². The number of carbonyl (C=O) groups is 3. The lowest BCUT2D eigenvalue weighted by Gasteiger charge is -2.41. The quantitative estimate of drug-likeness (QED) is 0.288. The zero-order valence-corrected chi connectivity index (χ0v) is 23.2. The predicted molar refractivity (Wildman–Crippen MR) is 148 cm³/mol. The summed E-state index contributed by atoms with van der Waals surface area (Å²) in [4.78, 5) is 51.7. The number of methoxy groups -OCH3 is 1. The molecule has 0 radical (unpaired) electrons. The van der Waals surface area contributed by atoms with Gasteiger partial charge in [0.1, 0.15) is 6.04 Å². The second-order valence-electron chi connectivity index (χ2n) is 10.5. The maximum atomic E-state index is 13.9. The van der Waals surface area contributed by atoms with Crippen LogP contribution in [0.2, 0.25) is 0 Å². The summed E-state index contributed by atoms with van der Waals surface area (Å²) >= 11 is 1.20. The number of benzene rings is 2. The minimum Gasteiger partial charge on any atom is -0.468 e. The van der Waals surface area contributed by atoms with Gasteiger partial charge in [0.05, 0.1) is 29.9 Å². The number of aryl methyl sites for hydroxylation is 1. The van der Waals surface area contributed by atoms with Crippen LogP contribution in [0, 0.1) is 10.1 Å². The first-order valence-corrected chi connectivity index (χ1v) is 13.9. The number of hydrogen-bond donors (Lipinski definition) is 2. The average Bonchev–Trinajstić information content (AvgIpc) is 2.94. The number of non-ortho nitro benzene ring substituents is 1. The van der Waals surface area contributed by atoms with E-state index in [0.717, 1.165) is 30.4 Å². The normalized spacial score (nSPS) is 19.3. The lowest BCUT2D eigenvalue weighted by molar-refractivity contribution is -0.385. The van der Waals surface area contributed by atoms with Crippen molar-refractivity contribution in [3.8, 4) is 0 Å². The van der Waals surface area contributed by atoms with Crippen molar-refractivity contribution in [3.63, 3.8) is 0 Å². The largest absolute Gasteiger partial charge is 0.468 e. The first kappa shape index (κ1) is 28.6. The molecule has 1 aliphatic carbocycles. The molecule has 2 aromatic carbocycles. The van der Waals surface area contributed by atoms with Gasteiger partial charge in [0.15, 0.2) is 0 Å². The van der Waals surface area contributed by atoms with Gasteiger partial charge in [0.2, 0.25) is 11.8 Å². The monoisotopic (exact) mass is 554 g/mol. The number of nitro groups is 1. The van der Waals surface area contributed by atoms with E-state index < -0.39 is 33.6 Å². The fourth-order valence-corrected chi connectivity index (χ4v) is 6.08. The Morgan fingerprint density at radius 2 is 1.95 bits per heavy atom. The minimum atomic E-state index is -1.04. The van der Waals surface area contributed by atoms with Crippen molar-refractivity contribution in [3.05, 3.63) is 74.8 Å². The number of nitrogens with zero attached hydrogens (tertiary/aromatic N) is 2. The Hall–Kier alpha value is -3.44. The standard InChI is InChI=1S/C28H34N4O6S/c1-28(2,39-16-24(33)38-3)25(29)27(35)31-15-19-13-20(32(36)37)12-11-18(19)14-23(31)26(34)30-22-10-6-8-17-7-4-5-9-21(17)22/h4-5,7,9,11-13,22-23,25H,6,8,10,14-16,29H2,1-3H3,(H,30,34)/t22?,23-,25?/m0/s1. The second kappa shape index (κ2) is 11.7. The molecule has 2 aliphatic rings. The van der Waals surface area contributed by atoms with Crippen LogP contribution in [0.25, 0.3) is 0 Å². The number of nitro benzene ring substituents is 1. The summed E-state index contributed by atoms with van der Waals surface area (Å²) in [6, 6.07) is 10.5. The topological polar surface area (TPSA) is 145 Å².